The van der Waals surface area contributed by atoms with Crippen LogP contribution in [0.1, 0.15) is 20.8 Å². The van der Waals surface area contributed by atoms with Gasteiger partial charge in [-0.1, -0.05) is 42.5 Å². The highest BCUT2D eigenvalue weighted by atomic mass is 32.1. The Hall–Kier alpha value is -3.52. The molecular weight excluding hydrogens is 364 g/mol. The third-order valence-electron chi connectivity index (χ3n) is 4.17. The van der Waals surface area contributed by atoms with Crippen molar-refractivity contribution in [3.8, 4) is 11.3 Å². The Kier molecular flexibility index (Phi) is 4.17. The smallest absolute Gasteiger partial charge is 0.339 e. The van der Waals surface area contributed by atoms with Crippen LogP contribution in [0.2, 0.25) is 0 Å². The van der Waals surface area contributed by atoms with E-state index in [2.05, 4.69) is 15.4 Å². The van der Waals surface area contributed by atoms with Crippen LogP contribution in [0.4, 0.5) is 5.13 Å². The van der Waals surface area contributed by atoms with Gasteiger partial charge in [0, 0.05) is 18.0 Å². The molecule has 1 amide bonds. The molecule has 0 aliphatic rings. The van der Waals surface area contributed by atoms with E-state index in [4.69, 9.17) is 0 Å². The molecule has 2 aromatic carbocycles. The number of benzene rings is 2. The fourth-order valence-corrected chi connectivity index (χ4v) is 3.63. The Morgan fingerprint density at radius 3 is 2.74 bits per heavy atom. The second-order valence-corrected chi connectivity index (χ2v) is 6.71. The first-order valence-corrected chi connectivity index (χ1v) is 8.93. The van der Waals surface area contributed by atoms with Crippen molar-refractivity contribution in [1.82, 2.24) is 14.8 Å². The second kappa shape index (κ2) is 6.65. The van der Waals surface area contributed by atoms with Gasteiger partial charge in [-0.15, -0.1) is 11.3 Å². The SMILES string of the molecule is Cn1ncc(C(=O)O)c1C(=O)Nc1nc(-c2cccc3ccccc23)cs1. The molecule has 134 valence electrons. The summed E-state index contributed by atoms with van der Waals surface area (Å²) in [5.41, 5.74) is 1.54. The number of hydrogen-bond donors (Lipinski definition) is 2. The van der Waals surface area contributed by atoms with Gasteiger partial charge < -0.3 is 5.11 Å². The lowest BCUT2D eigenvalue weighted by molar-refractivity contribution is 0.0692. The van der Waals surface area contributed by atoms with Gasteiger partial charge in [0.1, 0.15) is 11.3 Å². The van der Waals surface area contributed by atoms with E-state index in [-0.39, 0.29) is 11.3 Å². The van der Waals surface area contributed by atoms with Crippen LogP contribution in [-0.2, 0) is 7.05 Å². The molecule has 0 radical (unpaired) electrons. The van der Waals surface area contributed by atoms with Gasteiger partial charge >= 0.3 is 5.97 Å². The summed E-state index contributed by atoms with van der Waals surface area (Å²) in [6.45, 7) is 0. The lowest BCUT2D eigenvalue weighted by Crippen LogP contribution is -2.19. The van der Waals surface area contributed by atoms with E-state index in [0.29, 0.717) is 5.13 Å². The average molecular weight is 378 g/mol. The van der Waals surface area contributed by atoms with Crippen molar-refractivity contribution >= 4 is 39.1 Å². The van der Waals surface area contributed by atoms with Crippen LogP contribution in [0.5, 0.6) is 0 Å². The molecule has 4 aromatic rings. The number of anilines is 1. The number of thiazole rings is 1. The molecule has 2 aromatic heterocycles. The zero-order chi connectivity index (χ0) is 19.0. The standard InChI is InChI=1S/C19H14N4O3S/c1-23-16(14(9-20-23)18(25)26)17(24)22-19-21-15(10-27-19)13-8-4-6-11-5-2-3-7-12(11)13/h2-10H,1H3,(H,25,26)(H,21,22,24). The monoisotopic (exact) mass is 378 g/mol. The van der Waals surface area contributed by atoms with E-state index >= 15 is 0 Å². The van der Waals surface area contributed by atoms with Gasteiger partial charge in [-0.2, -0.15) is 5.10 Å². The first kappa shape index (κ1) is 16.9. The summed E-state index contributed by atoms with van der Waals surface area (Å²) in [7, 11) is 1.52. The van der Waals surface area contributed by atoms with Crippen LogP contribution in [0.25, 0.3) is 22.0 Å². The van der Waals surface area contributed by atoms with Crippen LogP contribution < -0.4 is 5.32 Å². The number of aromatic carboxylic acids is 1. The maximum absolute atomic E-state index is 12.5. The molecule has 0 fully saturated rings. The number of carbonyl (C=O) groups excluding carboxylic acids is 1. The predicted molar refractivity (Wildman–Crippen MR) is 103 cm³/mol. The molecule has 0 aliphatic heterocycles. The zero-order valence-corrected chi connectivity index (χ0v) is 15.0. The Balaban J connectivity index is 1.65. The number of nitrogens with one attached hydrogen (secondary N) is 1. The summed E-state index contributed by atoms with van der Waals surface area (Å²) in [5, 5.41) is 20.1. The van der Waals surface area contributed by atoms with Crippen molar-refractivity contribution in [2.45, 2.75) is 0 Å². The van der Waals surface area contributed by atoms with Crippen LogP contribution in [0, 0.1) is 0 Å². The van der Waals surface area contributed by atoms with Gasteiger partial charge in [0.2, 0.25) is 0 Å². The number of aromatic nitrogens is 3. The fraction of sp³-hybridized carbons (Fsp3) is 0.0526. The highest BCUT2D eigenvalue weighted by Gasteiger charge is 2.22. The van der Waals surface area contributed by atoms with E-state index in [9.17, 15) is 14.7 Å². The first-order valence-electron chi connectivity index (χ1n) is 8.05. The Labute approximate surface area is 157 Å². The molecular formula is C19H14N4O3S. The largest absolute Gasteiger partial charge is 0.478 e. The molecule has 0 atom stereocenters. The van der Waals surface area contributed by atoms with E-state index in [1.807, 2.05) is 47.8 Å². The molecule has 2 heterocycles. The summed E-state index contributed by atoms with van der Waals surface area (Å²) in [4.78, 5) is 28.3. The fourth-order valence-electron chi connectivity index (χ4n) is 2.92. The minimum absolute atomic E-state index is 0.0237. The van der Waals surface area contributed by atoms with Crippen molar-refractivity contribution in [3.63, 3.8) is 0 Å². The molecule has 4 rings (SSSR count). The first-order chi connectivity index (χ1) is 13.0. The summed E-state index contributed by atoms with van der Waals surface area (Å²) >= 11 is 1.28. The topological polar surface area (TPSA) is 97.1 Å². The van der Waals surface area contributed by atoms with Crippen LogP contribution in [0.15, 0.2) is 54.0 Å². The molecule has 27 heavy (non-hydrogen) atoms. The summed E-state index contributed by atoms with van der Waals surface area (Å²) in [6.07, 6.45) is 1.15. The Morgan fingerprint density at radius 2 is 1.93 bits per heavy atom. The lowest BCUT2D eigenvalue weighted by atomic mass is 10.0. The van der Waals surface area contributed by atoms with Crippen molar-refractivity contribution in [3.05, 3.63) is 65.3 Å². The van der Waals surface area contributed by atoms with Gasteiger partial charge in [-0.25, -0.2) is 9.78 Å². The molecule has 0 saturated carbocycles. The molecule has 0 aliphatic carbocycles. The minimum Gasteiger partial charge on any atom is -0.478 e. The van der Waals surface area contributed by atoms with E-state index in [1.54, 1.807) is 0 Å². The van der Waals surface area contributed by atoms with Crippen molar-refractivity contribution < 1.29 is 14.7 Å². The third-order valence-corrected chi connectivity index (χ3v) is 4.93. The van der Waals surface area contributed by atoms with E-state index in [0.717, 1.165) is 28.2 Å². The van der Waals surface area contributed by atoms with E-state index < -0.39 is 11.9 Å². The number of rotatable bonds is 4. The molecule has 0 spiro atoms. The van der Waals surface area contributed by atoms with Crippen LogP contribution in [-0.4, -0.2) is 31.7 Å². The highest BCUT2D eigenvalue weighted by Crippen LogP contribution is 2.31. The molecule has 0 unspecified atom stereocenters. The number of nitrogens with zero attached hydrogens (tertiary/aromatic N) is 3. The number of amides is 1. The molecule has 7 nitrogen and oxygen atoms in total. The summed E-state index contributed by atoms with van der Waals surface area (Å²) < 4.78 is 1.23. The predicted octanol–water partition coefficient (Wildman–Crippen LogP) is 3.65. The third kappa shape index (κ3) is 3.06. The lowest BCUT2D eigenvalue weighted by Gasteiger charge is -2.04. The minimum atomic E-state index is -1.20. The van der Waals surface area contributed by atoms with Gasteiger partial charge in [-0.05, 0) is 10.8 Å². The number of carboxylic acid groups (broad SMARTS) is 1. The average Bonchev–Trinajstić information content (AvgIpc) is 3.27. The maximum atomic E-state index is 12.5. The van der Waals surface area contributed by atoms with Crippen LogP contribution in [0.3, 0.4) is 0 Å². The maximum Gasteiger partial charge on any atom is 0.339 e. The molecule has 8 heteroatoms. The zero-order valence-electron chi connectivity index (χ0n) is 14.2. The van der Waals surface area contributed by atoms with Crippen molar-refractivity contribution in [1.29, 1.82) is 0 Å². The number of carboxylic acids is 1. The number of hydrogen-bond acceptors (Lipinski definition) is 5. The number of fused-ring (bicyclic) bond motifs is 1. The van der Waals surface area contributed by atoms with Crippen LogP contribution >= 0.6 is 11.3 Å². The van der Waals surface area contributed by atoms with Crippen molar-refractivity contribution in [2.75, 3.05) is 5.32 Å². The Morgan fingerprint density at radius 1 is 1.15 bits per heavy atom. The molecule has 2 N–H and O–H groups in total. The van der Waals surface area contributed by atoms with Gasteiger partial charge in [0.15, 0.2) is 5.13 Å². The van der Waals surface area contributed by atoms with Gasteiger partial charge in [0.25, 0.3) is 5.91 Å². The normalized spacial score (nSPS) is 10.9. The Bertz CT molecular complexity index is 1170. The molecule has 0 bridgehead atoms. The second-order valence-electron chi connectivity index (χ2n) is 5.85. The summed E-state index contributed by atoms with van der Waals surface area (Å²) in [5.74, 6) is -1.77. The van der Waals surface area contributed by atoms with Gasteiger partial charge in [0.05, 0.1) is 11.9 Å². The number of carbonyl (C=O) groups is 2. The number of aryl methyl sites for hydroxylation is 1. The quantitative estimate of drug-likeness (QED) is 0.565. The van der Waals surface area contributed by atoms with Gasteiger partial charge in [-0.3, -0.25) is 14.8 Å². The van der Waals surface area contributed by atoms with Crippen molar-refractivity contribution in [2.24, 2.45) is 7.05 Å². The van der Waals surface area contributed by atoms with E-state index in [1.165, 1.54) is 23.1 Å². The highest BCUT2D eigenvalue weighted by molar-refractivity contribution is 7.14. The molecule has 0 saturated heterocycles. The summed E-state index contributed by atoms with van der Waals surface area (Å²) in [6, 6.07) is 14.0.